The molecule has 0 aliphatic heterocycles. The van der Waals surface area contributed by atoms with Gasteiger partial charge in [-0.2, -0.15) is 10.4 Å². The Kier molecular flexibility index (Phi) is 3.13. The molecule has 0 atom stereocenters. The monoisotopic (exact) mass is 223 g/mol. The molecular weight excluding hydrogens is 214 g/mol. The lowest BCUT2D eigenvalue weighted by atomic mass is 10.2. The molecule has 17 heavy (non-hydrogen) atoms. The highest BCUT2D eigenvalue weighted by atomic mass is 15.3. The topological polar surface area (TPSA) is 67.4 Å². The van der Waals surface area contributed by atoms with Crippen molar-refractivity contribution in [3.63, 3.8) is 0 Å². The van der Waals surface area contributed by atoms with E-state index in [0.717, 1.165) is 5.69 Å². The molecule has 0 unspecified atom stereocenters. The number of terminal acetylenes is 1. The minimum atomic E-state index is 0.273. The molecule has 0 aliphatic carbocycles. The van der Waals surface area contributed by atoms with Gasteiger partial charge in [0.25, 0.3) is 0 Å². The van der Waals surface area contributed by atoms with Crippen LogP contribution in [0.5, 0.6) is 0 Å². The van der Waals surface area contributed by atoms with Crippen LogP contribution in [0, 0.1) is 23.7 Å². The fourth-order valence-corrected chi connectivity index (χ4v) is 1.46. The second kappa shape index (κ2) is 4.91. The molecule has 2 aromatic rings. The molecule has 2 heterocycles. The van der Waals surface area contributed by atoms with E-state index < -0.39 is 0 Å². The van der Waals surface area contributed by atoms with Crippen molar-refractivity contribution < 1.29 is 0 Å². The van der Waals surface area contributed by atoms with Crippen LogP contribution in [0.25, 0.3) is 11.4 Å². The molecule has 2 rings (SSSR count). The lowest BCUT2D eigenvalue weighted by molar-refractivity contribution is 0.684. The Labute approximate surface area is 98.8 Å². The smallest absolute Gasteiger partial charge is 0.113 e. The lowest BCUT2D eigenvalue weighted by Crippen LogP contribution is -2.02. The van der Waals surface area contributed by atoms with Gasteiger partial charge in [-0.3, -0.25) is 14.6 Å². The van der Waals surface area contributed by atoms with Crippen LogP contribution in [-0.2, 0) is 13.0 Å². The van der Waals surface area contributed by atoms with Gasteiger partial charge in [0.1, 0.15) is 17.9 Å². The third kappa shape index (κ3) is 2.30. The predicted octanol–water partition coefficient (Wildman–Crippen LogP) is 1.04. The standard InChI is InChI=1S/C12H9N5/c1-2-7-17-10(3-4-13)8-11(16-17)12-9-14-5-6-15-12/h1,5-6,8-9H,3,7H2. The summed E-state index contributed by atoms with van der Waals surface area (Å²) in [4.78, 5) is 8.13. The molecule has 0 saturated heterocycles. The van der Waals surface area contributed by atoms with Crippen LogP contribution in [0.3, 0.4) is 0 Å². The Hall–Kier alpha value is -2.66. The zero-order chi connectivity index (χ0) is 12.1. The summed E-state index contributed by atoms with van der Waals surface area (Å²) in [6.07, 6.45) is 10.3. The fourth-order valence-electron chi connectivity index (χ4n) is 1.46. The van der Waals surface area contributed by atoms with Crippen molar-refractivity contribution >= 4 is 0 Å². The van der Waals surface area contributed by atoms with Crippen molar-refractivity contribution in [2.45, 2.75) is 13.0 Å². The molecule has 0 spiro atoms. The average Bonchev–Trinajstić information content (AvgIpc) is 2.75. The Bertz CT molecular complexity index is 552. The van der Waals surface area contributed by atoms with Crippen molar-refractivity contribution in [2.24, 2.45) is 0 Å². The molecule has 0 bridgehead atoms. The zero-order valence-electron chi connectivity index (χ0n) is 9.04. The number of nitrogens with zero attached hydrogens (tertiary/aromatic N) is 5. The lowest BCUT2D eigenvalue weighted by Gasteiger charge is -1.97. The highest BCUT2D eigenvalue weighted by Gasteiger charge is 2.09. The van der Waals surface area contributed by atoms with Crippen molar-refractivity contribution in [1.29, 1.82) is 5.26 Å². The molecule has 0 N–H and O–H groups in total. The number of rotatable bonds is 3. The van der Waals surface area contributed by atoms with E-state index in [0.29, 0.717) is 17.9 Å². The van der Waals surface area contributed by atoms with Crippen molar-refractivity contribution in [3.8, 4) is 29.8 Å². The molecule has 5 heteroatoms. The van der Waals surface area contributed by atoms with Gasteiger partial charge in [-0.25, -0.2) is 0 Å². The van der Waals surface area contributed by atoms with E-state index in [4.69, 9.17) is 11.7 Å². The van der Waals surface area contributed by atoms with Crippen LogP contribution in [0.4, 0.5) is 0 Å². The van der Waals surface area contributed by atoms with Crippen molar-refractivity contribution in [3.05, 3.63) is 30.4 Å². The minimum Gasteiger partial charge on any atom is -0.261 e. The van der Waals surface area contributed by atoms with E-state index in [9.17, 15) is 0 Å². The molecule has 0 aliphatic rings. The summed E-state index contributed by atoms with van der Waals surface area (Å²) in [5, 5.41) is 13.0. The second-order valence-corrected chi connectivity index (χ2v) is 3.31. The van der Waals surface area contributed by atoms with Crippen LogP contribution in [0.1, 0.15) is 5.69 Å². The third-order valence-corrected chi connectivity index (χ3v) is 2.19. The van der Waals surface area contributed by atoms with Gasteiger partial charge in [-0.05, 0) is 6.07 Å². The Morgan fingerprint density at radius 1 is 1.35 bits per heavy atom. The molecule has 0 aromatic carbocycles. The van der Waals surface area contributed by atoms with Gasteiger partial charge in [0, 0.05) is 12.4 Å². The van der Waals surface area contributed by atoms with E-state index in [1.54, 1.807) is 23.3 Å². The summed E-state index contributed by atoms with van der Waals surface area (Å²) in [6, 6.07) is 3.89. The predicted molar refractivity (Wildman–Crippen MR) is 61.4 cm³/mol. The molecule has 0 saturated carbocycles. The fraction of sp³-hybridized carbons (Fsp3) is 0.167. The SMILES string of the molecule is C#CCn1nc(-c2cnccn2)cc1CC#N. The highest BCUT2D eigenvalue weighted by molar-refractivity contribution is 5.53. The van der Waals surface area contributed by atoms with Gasteiger partial charge in [0.05, 0.1) is 24.4 Å². The number of nitriles is 1. The van der Waals surface area contributed by atoms with Gasteiger partial charge < -0.3 is 0 Å². The quantitative estimate of drug-likeness (QED) is 0.729. The van der Waals surface area contributed by atoms with Gasteiger partial charge in [0.2, 0.25) is 0 Å². The van der Waals surface area contributed by atoms with E-state index in [2.05, 4.69) is 27.1 Å². The zero-order valence-corrected chi connectivity index (χ0v) is 9.04. The van der Waals surface area contributed by atoms with Gasteiger partial charge in [-0.1, -0.05) is 5.92 Å². The summed E-state index contributed by atoms with van der Waals surface area (Å²) < 4.78 is 1.63. The maximum atomic E-state index is 8.72. The molecule has 0 radical (unpaired) electrons. The largest absolute Gasteiger partial charge is 0.261 e. The molecule has 0 fully saturated rings. The van der Waals surface area contributed by atoms with Crippen LogP contribution in [0.15, 0.2) is 24.7 Å². The van der Waals surface area contributed by atoms with E-state index in [1.807, 2.05) is 6.07 Å². The molecule has 5 nitrogen and oxygen atoms in total. The van der Waals surface area contributed by atoms with Crippen LogP contribution >= 0.6 is 0 Å². The van der Waals surface area contributed by atoms with Crippen molar-refractivity contribution in [2.75, 3.05) is 0 Å². The van der Waals surface area contributed by atoms with Crippen molar-refractivity contribution in [1.82, 2.24) is 19.7 Å². The summed E-state index contributed by atoms with van der Waals surface area (Å²) >= 11 is 0. The normalized spacial score (nSPS) is 9.53. The summed E-state index contributed by atoms with van der Waals surface area (Å²) in [5.74, 6) is 2.50. The van der Waals surface area contributed by atoms with E-state index in [-0.39, 0.29) is 6.42 Å². The van der Waals surface area contributed by atoms with E-state index in [1.165, 1.54) is 0 Å². The number of hydrogen-bond donors (Lipinski definition) is 0. The first kappa shape index (κ1) is 10.8. The van der Waals surface area contributed by atoms with Gasteiger partial charge in [0.15, 0.2) is 0 Å². The minimum absolute atomic E-state index is 0.273. The average molecular weight is 223 g/mol. The summed E-state index contributed by atoms with van der Waals surface area (Å²) in [6.45, 7) is 0.345. The first-order valence-electron chi connectivity index (χ1n) is 4.98. The first-order valence-corrected chi connectivity index (χ1v) is 4.98. The first-order chi connectivity index (χ1) is 8.35. The van der Waals surface area contributed by atoms with Crippen LogP contribution in [0.2, 0.25) is 0 Å². The highest BCUT2D eigenvalue weighted by Crippen LogP contribution is 2.15. The Balaban J connectivity index is 2.41. The van der Waals surface area contributed by atoms with E-state index >= 15 is 0 Å². The Morgan fingerprint density at radius 2 is 2.24 bits per heavy atom. The van der Waals surface area contributed by atoms with Gasteiger partial charge >= 0.3 is 0 Å². The molecular formula is C12H9N5. The molecule has 0 amide bonds. The molecule has 2 aromatic heterocycles. The maximum absolute atomic E-state index is 8.72. The van der Waals surface area contributed by atoms with Crippen LogP contribution < -0.4 is 0 Å². The number of hydrogen-bond acceptors (Lipinski definition) is 4. The summed E-state index contributed by atoms with van der Waals surface area (Å²) in [5.41, 5.74) is 2.13. The summed E-state index contributed by atoms with van der Waals surface area (Å²) in [7, 11) is 0. The Morgan fingerprint density at radius 3 is 2.88 bits per heavy atom. The van der Waals surface area contributed by atoms with Crippen LogP contribution in [-0.4, -0.2) is 19.7 Å². The van der Waals surface area contributed by atoms with Gasteiger partial charge in [-0.15, -0.1) is 6.42 Å². The third-order valence-electron chi connectivity index (χ3n) is 2.19. The number of aromatic nitrogens is 4. The maximum Gasteiger partial charge on any atom is 0.113 e. The molecule has 82 valence electrons. The second-order valence-electron chi connectivity index (χ2n) is 3.31.